The van der Waals surface area contributed by atoms with Crippen molar-refractivity contribution < 1.29 is 57.2 Å². The summed E-state index contributed by atoms with van der Waals surface area (Å²) in [6, 6.07) is 28.2. The van der Waals surface area contributed by atoms with Gasteiger partial charge in [-0.2, -0.15) is 0 Å². The number of ether oxygens (including phenoxy) is 5. The summed E-state index contributed by atoms with van der Waals surface area (Å²) in [5, 5.41) is 0. The highest BCUT2D eigenvalue weighted by Crippen LogP contribution is 2.33. The molecule has 5 amide bonds. The van der Waals surface area contributed by atoms with Crippen molar-refractivity contribution in [1.29, 1.82) is 0 Å². The molecule has 0 bridgehead atoms. The monoisotopic (exact) mass is 882 g/mol. The first-order chi connectivity index (χ1) is 30.7. The standard InChI is InChI=1S/C25H28N2O5.C23H30N2O7/c1-2-31-24(29)22-16-26(14-19-11-7-4-8-12-19)15-21(22)23(28)27-20(17-32-25(27)30)13-18-9-5-3-6-10-18;1-5-30-20(27)18-13-24(21(28)32-23(2,3)4)12-17(18)19(26)25-16(14-31-22(25)29)11-15-9-7-6-8-10-15/h3-12,20-22H,2,13-17H2,1H3;6-10,16-18H,5,11-14H2,1-4H3/t20-,21+,22+;16-,17+,18+/m11/s1. The fourth-order valence-electron chi connectivity index (χ4n) is 8.50. The highest BCUT2D eigenvalue weighted by Gasteiger charge is 2.51. The van der Waals surface area contributed by atoms with Crippen LogP contribution in [0.2, 0.25) is 0 Å². The van der Waals surface area contributed by atoms with E-state index in [0.29, 0.717) is 32.5 Å². The second-order valence-corrected chi connectivity index (χ2v) is 17.3. The number of carbonyl (C=O) groups excluding carboxylic acids is 7. The zero-order valence-corrected chi connectivity index (χ0v) is 37.1. The lowest BCUT2D eigenvalue weighted by Crippen LogP contribution is -2.46. The van der Waals surface area contributed by atoms with Crippen molar-refractivity contribution in [2.75, 3.05) is 52.6 Å². The minimum Gasteiger partial charge on any atom is -0.466 e. The second-order valence-electron chi connectivity index (χ2n) is 17.3. The Hall–Kier alpha value is -6.29. The molecule has 0 spiro atoms. The van der Waals surface area contributed by atoms with Gasteiger partial charge in [0.15, 0.2) is 0 Å². The molecular weight excluding hydrogens is 825 g/mol. The molecule has 0 radical (unpaired) electrons. The number of cyclic esters (lactones) is 2. The predicted molar refractivity (Wildman–Crippen MR) is 231 cm³/mol. The van der Waals surface area contributed by atoms with Crippen molar-refractivity contribution in [2.45, 2.75) is 71.7 Å². The van der Waals surface area contributed by atoms with Crippen LogP contribution < -0.4 is 0 Å². The molecule has 4 heterocycles. The van der Waals surface area contributed by atoms with Crippen molar-refractivity contribution in [3.05, 3.63) is 108 Å². The summed E-state index contributed by atoms with van der Waals surface area (Å²) in [5.41, 5.74) is 2.36. The molecule has 4 aliphatic rings. The van der Waals surface area contributed by atoms with E-state index < -0.39 is 71.4 Å². The maximum Gasteiger partial charge on any atom is 0.416 e. The summed E-state index contributed by atoms with van der Waals surface area (Å²) < 4.78 is 26.2. The van der Waals surface area contributed by atoms with E-state index in [2.05, 4.69) is 4.90 Å². The summed E-state index contributed by atoms with van der Waals surface area (Å²) in [7, 11) is 0. The van der Waals surface area contributed by atoms with Gasteiger partial charge >= 0.3 is 30.2 Å². The van der Waals surface area contributed by atoms with Gasteiger partial charge in [-0.15, -0.1) is 0 Å². The molecule has 4 aliphatic heterocycles. The minimum absolute atomic E-state index is 0.0175. The topological polar surface area (TPSA) is 179 Å². The number of rotatable bonds is 12. The van der Waals surface area contributed by atoms with Gasteiger partial charge < -0.3 is 28.6 Å². The number of benzene rings is 3. The van der Waals surface area contributed by atoms with Crippen LogP contribution in [0.15, 0.2) is 91.0 Å². The molecule has 4 saturated heterocycles. The van der Waals surface area contributed by atoms with Crippen LogP contribution >= 0.6 is 0 Å². The number of carbonyl (C=O) groups is 7. The van der Waals surface area contributed by atoms with E-state index in [0.717, 1.165) is 21.6 Å². The van der Waals surface area contributed by atoms with Gasteiger partial charge in [0.1, 0.15) is 18.8 Å². The van der Waals surface area contributed by atoms with E-state index in [1.165, 1.54) is 9.80 Å². The molecule has 64 heavy (non-hydrogen) atoms. The Bertz CT molecular complexity index is 2110. The lowest BCUT2D eigenvalue weighted by atomic mass is 9.93. The molecule has 7 rings (SSSR count). The van der Waals surface area contributed by atoms with Gasteiger partial charge in [0.05, 0.1) is 49.0 Å². The number of hydrogen-bond donors (Lipinski definition) is 0. The van der Waals surface area contributed by atoms with E-state index in [-0.39, 0.29) is 51.5 Å². The molecule has 0 saturated carbocycles. The molecule has 0 aliphatic carbocycles. The van der Waals surface area contributed by atoms with Gasteiger partial charge in [0, 0.05) is 32.7 Å². The smallest absolute Gasteiger partial charge is 0.416 e. The number of nitrogens with zero attached hydrogens (tertiary/aromatic N) is 4. The maximum absolute atomic E-state index is 13.6. The third-order valence-electron chi connectivity index (χ3n) is 11.5. The van der Waals surface area contributed by atoms with Crippen molar-refractivity contribution >= 4 is 42.0 Å². The van der Waals surface area contributed by atoms with Gasteiger partial charge in [0.25, 0.3) is 0 Å². The van der Waals surface area contributed by atoms with E-state index in [9.17, 15) is 33.6 Å². The summed E-state index contributed by atoms with van der Waals surface area (Å²) in [6.07, 6.45) is -1.05. The maximum atomic E-state index is 13.6. The van der Waals surface area contributed by atoms with E-state index in [1.807, 2.05) is 91.0 Å². The molecule has 16 nitrogen and oxygen atoms in total. The molecule has 342 valence electrons. The van der Waals surface area contributed by atoms with Gasteiger partial charge in [0.2, 0.25) is 11.8 Å². The van der Waals surface area contributed by atoms with Crippen molar-refractivity contribution in [2.24, 2.45) is 23.7 Å². The van der Waals surface area contributed by atoms with Crippen LogP contribution in [0.1, 0.15) is 51.3 Å². The van der Waals surface area contributed by atoms with Crippen LogP contribution in [0.5, 0.6) is 0 Å². The van der Waals surface area contributed by atoms with Crippen molar-refractivity contribution in [3.8, 4) is 0 Å². The Labute approximate surface area is 373 Å². The number of likely N-dealkylation sites (tertiary alicyclic amines) is 2. The van der Waals surface area contributed by atoms with Crippen LogP contribution in [0, 0.1) is 23.7 Å². The average Bonchev–Trinajstić information content (AvgIpc) is 4.07. The average molecular weight is 883 g/mol. The molecule has 6 atom stereocenters. The third kappa shape index (κ3) is 11.8. The third-order valence-corrected chi connectivity index (χ3v) is 11.5. The van der Waals surface area contributed by atoms with Crippen molar-refractivity contribution in [3.63, 3.8) is 0 Å². The normalized spacial score (nSPS) is 23.2. The first-order valence-corrected chi connectivity index (χ1v) is 21.8. The van der Waals surface area contributed by atoms with Crippen molar-refractivity contribution in [1.82, 2.24) is 19.6 Å². The Kier molecular flexibility index (Phi) is 15.8. The molecule has 0 unspecified atom stereocenters. The Morgan fingerprint density at radius 2 is 0.969 bits per heavy atom. The summed E-state index contributed by atoms with van der Waals surface area (Å²) in [5.74, 6) is -4.96. The molecule has 16 heteroatoms. The Morgan fingerprint density at radius 1 is 0.578 bits per heavy atom. The van der Waals surface area contributed by atoms with Gasteiger partial charge in [-0.3, -0.25) is 24.1 Å². The highest BCUT2D eigenvalue weighted by atomic mass is 16.6. The molecule has 3 aromatic rings. The second kappa shape index (κ2) is 21.4. The summed E-state index contributed by atoms with van der Waals surface area (Å²) >= 11 is 0. The highest BCUT2D eigenvalue weighted by molar-refractivity contribution is 5.98. The van der Waals surface area contributed by atoms with E-state index in [1.54, 1.807) is 34.6 Å². The number of esters is 2. The van der Waals surface area contributed by atoms with Crippen LogP contribution in [-0.4, -0.2) is 132 Å². The van der Waals surface area contributed by atoms with Gasteiger partial charge in [-0.25, -0.2) is 24.2 Å². The van der Waals surface area contributed by atoms with Crippen LogP contribution in [-0.2, 0) is 62.2 Å². The first kappa shape index (κ1) is 47.2. The fraction of sp³-hybridized carbons (Fsp3) is 0.479. The number of amides is 5. The lowest BCUT2D eigenvalue weighted by Gasteiger charge is -2.25. The van der Waals surface area contributed by atoms with E-state index >= 15 is 0 Å². The lowest BCUT2D eigenvalue weighted by molar-refractivity contribution is -0.152. The fourth-order valence-corrected chi connectivity index (χ4v) is 8.50. The summed E-state index contributed by atoms with van der Waals surface area (Å²) in [4.78, 5) is 95.5. The number of hydrogen-bond acceptors (Lipinski definition) is 13. The zero-order chi connectivity index (χ0) is 46.0. The van der Waals surface area contributed by atoms with Crippen LogP contribution in [0.4, 0.5) is 14.4 Å². The van der Waals surface area contributed by atoms with Crippen LogP contribution in [0.3, 0.4) is 0 Å². The SMILES string of the molecule is CCOC(=O)[C@H]1CN(C(=O)OC(C)(C)C)C[C@@H]1C(=O)N1C(=O)OC[C@H]1Cc1ccccc1.CCOC(=O)[C@H]1CN(Cc2ccccc2)C[C@@H]1C(=O)N1C(=O)OC[C@H]1Cc1ccccc1. The first-order valence-electron chi connectivity index (χ1n) is 21.8. The van der Waals surface area contributed by atoms with Gasteiger partial charge in [-0.1, -0.05) is 91.0 Å². The molecule has 3 aromatic carbocycles. The van der Waals surface area contributed by atoms with E-state index in [4.69, 9.17) is 23.7 Å². The Balaban J connectivity index is 0.000000213. The van der Waals surface area contributed by atoms with Crippen LogP contribution in [0.25, 0.3) is 0 Å². The largest absolute Gasteiger partial charge is 0.466 e. The minimum atomic E-state index is -0.925. The molecule has 0 N–H and O–H groups in total. The number of imide groups is 2. The summed E-state index contributed by atoms with van der Waals surface area (Å²) in [6.45, 7) is 10.6. The molecular formula is C48H58N4O12. The quantitative estimate of drug-likeness (QED) is 0.164. The molecule has 0 aromatic heterocycles. The van der Waals surface area contributed by atoms with Gasteiger partial charge in [-0.05, 0) is 64.2 Å². The zero-order valence-electron chi connectivity index (χ0n) is 37.1. The molecule has 4 fully saturated rings. The Morgan fingerprint density at radius 3 is 1.41 bits per heavy atom. The predicted octanol–water partition coefficient (Wildman–Crippen LogP) is 5.51.